The maximum atomic E-state index is 13.5. The van der Waals surface area contributed by atoms with Gasteiger partial charge < -0.3 is 15.1 Å². The molecule has 0 bridgehead atoms. The number of pyridine rings is 1. The van der Waals surface area contributed by atoms with Gasteiger partial charge in [0.1, 0.15) is 0 Å². The number of alkyl halides is 3. The molecule has 0 spiro atoms. The SMILES string of the molecule is CCN(C(=O)Cc1ccc(S(C)(=O)=O)cc1)C1CCN(CC[C@H](NC(=O)c2cnccc2C(F)(F)F)c2ccccc2)CC1. The highest BCUT2D eigenvalue weighted by molar-refractivity contribution is 7.90. The molecule has 1 aliphatic rings. The van der Waals surface area contributed by atoms with E-state index in [1.54, 1.807) is 12.1 Å². The Morgan fingerprint density at radius 2 is 1.70 bits per heavy atom. The third-order valence-corrected chi connectivity index (χ3v) is 9.11. The zero-order chi connectivity index (χ0) is 31.9. The summed E-state index contributed by atoms with van der Waals surface area (Å²) in [6.45, 7) is 4.57. The van der Waals surface area contributed by atoms with Crippen LogP contribution in [0, 0.1) is 0 Å². The largest absolute Gasteiger partial charge is 0.417 e. The molecule has 2 amide bonds. The number of aromatic nitrogens is 1. The second-order valence-corrected chi connectivity index (χ2v) is 13.0. The number of hydrogen-bond acceptors (Lipinski definition) is 6. The summed E-state index contributed by atoms with van der Waals surface area (Å²) in [7, 11) is -3.31. The lowest BCUT2D eigenvalue weighted by Gasteiger charge is -2.38. The number of amides is 2. The molecule has 1 saturated heterocycles. The third kappa shape index (κ3) is 8.66. The van der Waals surface area contributed by atoms with E-state index in [0.29, 0.717) is 19.5 Å². The number of rotatable bonds is 11. The van der Waals surface area contributed by atoms with Crippen molar-refractivity contribution in [2.75, 3.05) is 32.4 Å². The van der Waals surface area contributed by atoms with Crippen molar-refractivity contribution in [2.45, 2.75) is 55.8 Å². The molecule has 0 aliphatic carbocycles. The van der Waals surface area contributed by atoms with Crippen LogP contribution in [0.25, 0.3) is 0 Å². The first kappa shape index (κ1) is 33.1. The Morgan fingerprint density at radius 3 is 2.30 bits per heavy atom. The van der Waals surface area contributed by atoms with E-state index < -0.39 is 39.1 Å². The van der Waals surface area contributed by atoms with Gasteiger partial charge in [-0.2, -0.15) is 13.2 Å². The van der Waals surface area contributed by atoms with E-state index in [1.165, 1.54) is 12.1 Å². The highest BCUT2D eigenvalue weighted by Gasteiger charge is 2.36. The summed E-state index contributed by atoms with van der Waals surface area (Å²) in [6.07, 6.45) is 0.620. The van der Waals surface area contributed by atoms with Crippen LogP contribution >= 0.6 is 0 Å². The summed E-state index contributed by atoms with van der Waals surface area (Å²) >= 11 is 0. The van der Waals surface area contributed by atoms with Crippen molar-refractivity contribution in [2.24, 2.45) is 0 Å². The van der Waals surface area contributed by atoms with Gasteiger partial charge in [-0.05, 0) is 55.5 Å². The fourth-order valence-corrected chi connectivity index (χ4v) is 6.23. The fourth-order valence-electron chi connectivity index (χ4n) is 5.60. The molecular formula is C32H37F3N4O4S. The molecule has 8 nitrogen and oxygen atoms in total. The lowest BCUT2D eigenvalue weighted by Crippen LogP contribution is -2.48. The van der Waals surface area contributed by atoms with Crippen LogP contribution in [0.3, 0.4) is 0 Å². The molecule has 3 aromatic rings. The Morgan fingerprint density at radius 1 is 1.05 bits per heavy atom. The quantitative estimate of drug-likeness (QED) is 0.323. The number of sulfone groups is 1. The monoisotopic (exact) mass is 630 g/mol. The van der Waals surface area contributed by atoms with Gasteiger partial charge in [-0.15, -0.1) is 0 Å². The van der Waals surface area contributed by atoms with Crippen LogP contribution in [0.15, 0.2) is 78.0 Å². The van der Waals surface area contributed by atoms with Crippen molar-refractivity contribution < 1.29 is 31.2 Å². The number of nitrogens with zero attached hydrogens (tertiary/aromatic N) is 3. The summed E-state index contributed by atoms with van der Waals surface area (Å²) in [5.74, 6) is -0.848. The van der Waals surface area contributed by atoms with Gasteiger partial charge in [0.15, 0.2) is 9.84 Å². The molecule has 1 N–H and O–H groups in total. The summed E-state index contributed by atoms with van der Waals surface area (Å²) in [5, 5.41) is 2.80. The first-order valence-electron chi connectivity index (χ1n) is 14.5. The van der Waals surface area contributed by atoms with E-state index in [4.69, 9.17) is 0 Å². The molecule has 0 radical (unpaired) electrons. The van der Waals surface area contributed by atoms with E-state index in [1.807, 2.05) is 42.2 Å². The van der Waals surface area contributed by atoms with Crippen LogP contribution in [0.4, 0.5) is 13.2 Å². The Labute approximate surface area is 256 Å². The smallest absolute Gasteiger partial charge is 0.345 e. The second kappa shape index (κ2) is 14.3. The number of hydrogen-bond donors (Lipinski definition) is 1. The molecule has 1 fully saturated rings. The van der Waals surface area contributed by atoms with E-state index in [-0.39, 0.29) is 23.3 Å². The molecule has 44 heavy (non-hydrogen) atoms. The first-order valence-corrected chi connectivity index (χ1v) is 16.4. The van der Waals surface area contributed by atoms with Gasteiger partial charge in [0.05, 0.1) is 28.5 Å². The predicted molar refractivity (Wildman–Crippen MR) is 161 cm³/mol. The fraction of sp³-hybridized carbons (Fsp3) is 0.406. The number of nitrogens with one attached hydrogen (secondary N) is 1. The van der Waals surface area contributed by atoms with Gasteiger partial charge in [0, 0.05) is 50.9 Å². The topological polar surface area (TPSA) is 99.7 Å². The minimum atomic E-state index is -4.68. The van der Waals surface area contributed by atoms with Crippen molar-refractivity contribution >= 4 is 21.7 Å². The molecular weight excluding hydrogens is 593 g/mol. The van der Waals surface area contributed by atoms with Gasteiger partial charge in [0.25, 0.3) is 5.91 Å². The van der Waals surface area contributed by atoms with Crippen molar-refractivity contribution in [3.8, 4) is 0 Å². The number of carbonyl (C=O) groups is 2. The zero-order valence-electron chi connectivity index (χ0n) is 24.8. The standard InChI is InChI=1S/C32H37F3N4O4S/c1-3-39(30(40)21-23-9-11-26(12-10-23)44(2,42)43)25-14-18-38(19-15-25)20-16-29(24-7-5-4-6-8-24)37-31(41)27-22-36-17-13-28(27)32(33,34)35/h4-13,17,22,25,29H,3,14-16,18-21H2,1-2H3,(H,37,41)/t29-/m0/s1. The lowest BCUT2D eigenvalue weighted by atomic mass is 9.99. The number of likely N-dealkylation sites (N-methyl/N-ethyl adjacent to an activating group) is 1. The predicted octanol–water partition coefficient (Wildman–Crippen LogP) is 4.92. The maximum Gasteiger partial charge on any atom is 0.417 e. The minimum absolute atomic E-state index is 0.0152. The van der Waals surface area contributed by atoms with Gasteiger partial charge >= 0.3 is 6.18 Å². The summed E-state index contributed by atoms with van der Waals surface area (Å²) in [6, 6.07) is 15.9. The number of carbonyl (C=O) groups excluding carboxylic acids is 2. The number of benzene rings is 2. The van der Waals surface area contributed by atoms with E-state index in [9.17, 15) is 31.2 Å². The van der Waals surface area contributed by atoms with Crippen molar-refractivity contribution in [1.29, 1.82) is 0 Å². The molecule has 2 aromatic carbocycles. The second-order valence-electron chi connectivity index (χ2n) is 11.0. The minimum Gasteiger partial charge on any atom is -0.345 e. The zero-order valence-corrected chi connectivity index (χ0v) is 25.6. The first-order chi connectivity index (χ1) is 20.9. The Hall–Kier alpha value is -3.77. The Kier molecular flexibility index (Phi) is 10.8. The molecule has 236 valence electrons. The average molecular weight is 631 g/mol. The lowest BCUT2D eigenvalue weighted by molar-refractivity contribution is -0.138. The van der Waals surface area contributed by atoms with E-state index >= 15 is 0 Å². The maximum absolute atomic E-state index is 13.5. The molecule has 1 atom stereocenters. The molecule has 0 unspecified atom stereocenters. The van der Waals surface area contributed by atoms with Crippen molar-refractivity contribution in [3.05, 3.63) is 95.3 Å². The summed E-state index contributed by atoms with van der Waals surface area (Å²) in [4.78, 5) is 34.3. The molecule has 1 aliphatic heterocycles. The van der Waals surface area contributed by atoms with Crippen molar-refractivity contribution in [1.82, 2.24) is 20.1 Å². The van der Waals surface area contributed by atoms with Crippen LogP contribution in [-0.2, 0) is 27.2 Å². The third-order valence-electron chi connectivity index (χ3n) is 7.98. The number of halogens is 3. The Balaban J connectivity index is 1.35. The summed E-state index contributed by atoms with van der Waals surface area (Å²) < 4.78 is 64.0. The molecule has 4 rings (SSSR count). The van der Waals surface area contributed by atoms with Gasteiger partial charge in [-0.3, -0.25) is 14.6 Å². The van der Waals surface area contributed by atoms with Gasteiger partial charge in [0.2, 0.25) is 5.91 Å². The molecule has 1 aromatic heterocycles. The average Bonchev–Trinajstić information content (AvgIpc) is 3.00. The Bertz CT molecular complexity index is 1530. The highest BCUT2D eigenvalue weighted by atomic mass is 32.2. The van der Waals surface area contributed by atoms with Crippen LogP contribution in [-0.4, -0.2) is 73.5 Å². The van der Waals surface area contributed by atoms with Gasteiger partial charge in [-0.1, -0.05) is 42.5 Å². The molecule has 0 saturated carbocycles. The normalized spacial score (nSPS) is 15.5. The van der Waals surface area contributed by atoms with Gasteiger partial charge in [-0.25, -0.2) is 8.42 Å². The van der Waals surface area contributed by atoms with Crippen LogP contribution in [0.5, 0.6) is 0 Å². The van der Waals surface area contributed by atoms with E-state index in [0.717, 1.165) is 61.8 Å². The van der Waals surface area contributed by atoms with Crippen LogP contribution < -0.4 is 5.32 Å². The molecule has 12 heteroatoms. The van der Waals surface area contributed by atoms with Crippen LogP contribution in [0.2, 0.25) is 0 Å². The number of likely N-dealkylation sites (tertiary alicyclic amines) is 1. The summed E-state index contributed by atoms with van der Waals surface area (Å²) in [5.41, 5.74) is -0.00123. The highest BCUT2D eigenvalue weighted by Crippen LogP contribution is 2.32. The van der Waals surface area contributed by atoms with E-state index in [2.05, 4.69) is 15.2 Å². The molecule has 2 heterocycles. The van der Waals surface area contributed by atoms with Crippen molar-refractivity contribution in [3.63, 3.8) is 0 Å². The number of piperidine rings is 1. The van der Waals surface area contributed by atoms with Crippen LogP contribution in [0.1, 0.15) is 59.3 Å².